The summed E-state index contributed by atoms with van der Waals surface area (Å²) in [5, 5.41) is 3.14. The molecule has 2 heterocycles. The second kappa shape index (κ2) is 6.54. The lowest BCUT2D eigenvalue weighted by atomic mass is 10.1. The Morgan fingerprint density at radius 2 is 1.81 bits per heavy atom. The van der Waals surface area contributed by atoms with Crippen LogP contribution in [-0.4, -0.2) is 40.4 Å². The number of carbonyl (C=O) groups excluding carboxylic acids is 3. The fourth-order valence-corrected chi connectivity index (χ4v) is 4.36. The predicted octanol–water partition coefficient (Wildman–Crippen LogP) is 3.25. The lowest BCUT2D eigenvalue weighted by Gasteiger charge is -2.12. The average molecular weight is 383 g/mol. The molecule has 6 nitrogen and oxygen atoms in total. The minimum absolute atomic E-state index is 0.329. The summed E-state index contributed by atoms with van der Waals surface area (Å²) in [6.07, 6.45) is 1.97. The van der Waals surface area contributed by atoms with Gasteiger partial charge >= 0.3 is 0 Å². The van der Waals surface area contributed by atoms with Crippen molar-refractivity contribution in [3.63, 3.8) is 0 Å². The van der Waals surface area contributed by atoms with Gasteiger partial charge in [0.25, 0.3) is 11.8 Å². The Balaban J connectivity index is 1.52. The number of thiazole rings is 1. The van der Waals surface area contributed by atoms with Crippen LogP contribution in [0.5, 0.6) is 0 Å². The molecule has 0 radical (unpaired) electrons. The Bertz CT molecular complexity index is 1030. The first kappa shape index (κ1) is 16.7. The number of anilines is 1. The van der Waals surface area contributed by atoms with Gasteiger partial charge in [-0.15, -0.1) is 11.8 Å². The zero-order chi connectivity index (χ0) is 18.3. The monoisotopic (exact) mass is 383 g/mol. The standard InChI is InChI=1S/C18H13N3O3S2/c1-25-12-7-4-8-13-15(12)20-18(26-13)19-14(22)9-21-16(23)10-5-2-3-6-11(10)17(21)24/h2-8H,9H2,1H3,(H,19,20,22). The lowest BCUT2D eigenvalue weighted by Crippen LogP contribution is -2.37. The lowest BCUT2D eigenvalue weighted by molar-refractivity contribution is -0.116. The number of hydrogen-bond acceptors (Lipinski definition) is 6. The molecule has 2 aromatic carbocycles. The van der Waals surface area contributed by atoms with Gasteiger partial charge < -0.3 is 5.32 Å². The Hall–Kier alpha value is -2.71. The van der Waals surface area contributed by atoms with Crippen molar-refractivity contribution in [1.82, 2.24) is 9.88 Å². The molecule has 3 amide bonds. The summed E-state index contributed by atoms with van der Waals surface area (Å²) in [5.41, 5.74) is 1.49. The molecule has 0 aliphatic carbocycles. The first-order chi connectivity index (χ1) is 12.6. The van der Waals surface area contributed by atoms with Crippen molar-refractivity contribution in [2.45, 2.75) is 4.90 Å². The molecule has 1 aliphatic heterocycles. The van der Waals surface area contributed by atoms with E-state index in [-0.39, 0.29) is 6.54 Å². The van der Waals surface area contributed by atoms with E-state index in [1.54, 1.807) is 36.0 Å². The van der Waals surface area contributed by atoms with Crippen LogP contribution in [-0.2, 0) is 4.79 Å². The molecule has 0 saturated heterocycles. The highest BCUT2D eigenvalue weighted by Crippen LogP contribution is 2.32. The molecular formula is C18H13N3O3S2. The van der Waals surface area contributed by atoms with Crippen LogP contribution < -0.4 is 5.32 Å². The number of imide groups is 1. The van der Waals surface area contributed by atoms with Gasteiger partial charge in [0.2, 0.25) is 5.91 Å². The van der Waals surface area contributed by atoms with E-state index in [0.717, 1.165) is 20.0 Å². The van der Waals surface area contributed by atoms with Crippen molar-refractivity contribution in [2.75, 3.05) is 18.1 Å². The summed E-state index contributed by atoms with van der Waals surface area (Å²) in [6, 6.07) is 12.4. The highest BCUT2D eigenvalue weighted by atomic mass is 32.2. The van der Waals surface area contributed by atoms with E-state index < -0.39 is 17.7 Å². The van der Waals surface area contributed by atoms with E-state index in [1.165, 1.54) is 11.3 Å². The first-order valence-electron chi connectivity index (χ1n) is 7.77. The van der Waals surface area contributed by atoms with Gasteiger partial charge in [-0.2, -0.15) is 0 Å². The van der Waals surface area contributed by atoms with E-state index in [0.29, 0.717) is 16.3 Å². The van der Waals surface area contributed by atoms with E-state index in [2.05, 4.69) is 10.3 Å². The van der Waals surface area contributed by atoms with Crippen molar-refractivity contribution in [3.8, 4) is 0 Å². The molecular weight excluding hydrogens is 370 g/mol. The van der Waals surface area contributed by atoms with Crippen molar-refractivity contribution < 1.29 is 14.4 Å². The largest absolute Gasteiger partial charge is 0.300 e. The molecule has 8 heteroatoms. The van der Waals surface area contributed by atoms with Crippen LogP contribution in [0.15, 0.2) is 47.4 Å². The van der Waals surface area contributed by atoms with Crippen LogP contribution in [0.3, 0.4) is 0 Å². The number of rotatable bonds is 4. The highest BCUT2D eigenvalue weighted by molar-refractivity contribution is 7.98. The van der Waals surface area contributed by atoms with Crippen LogP contribution in [0.2, 0.25) is 0 Å². The van der Waals surface area contributed by atoms with E-state index in [1.807, 2.05) is 24.5 Å². The average Bonchev–Trinajstić information content (AvgIpc) is 3.16. The van der Waals surface area contributed by atoms with E-state index in [9.17, 15) is 14.4 Å². The number of nitrogens with one attached hydrogen (secondary N) is 1. The third-order valence-corrected chi connectivity index (χ3v) is 5.73. The number of nitrogens with zero attached hydrogens (tertiary/aromatic N) is 2. The summed E-state index contributed by atoms with van der Waals surface area (Å²) in [5.74, 6) is -1.35. The summed E-state index contributed by atoms with van der Waals surface area (Å²) >= 11 is 2.94. The second-order valence-electron chi connectivity index (χ2n) is 5.62. The summed E-state index contributed by atoms with van der Waals surface area (Å²) in [4.78, 5) is 43.4. The SMILES string of the molecule is CSc1cccc2sc(NC(=O)CN3C(=O)c4ccccc4C3=O)nc12. The number of carbonyl (C=O) groups is 3. The molecule has 1 aromatic heterocycles. The molecule has 4 rings (SSSR count). The molecule has 0 saturated carbocycles. The fraction of sp³-hybridized carbons (Fsp3) is 0.111. The molecule has 3 aromatic rings. The third-order valence-electron chi connectivity index (χ3n) is 4.03. The Morgan fingerprint density at radius 1 is 1.12 bits per heavy atom. The van der Waals surface area contributed by atoms with Gasteiger partial charge in [0, 0.05) is 4.90 Å². The van der Waals surface area contributed by atoms with Gasteiger partial charge in [0.05, 0.1) is 21.3 Å². The van der Waals surface area contributed by atoms with Gasteiger partial charge in [-0.05, 0) is 30.5 Å². The topological polar surface area (TPSA) is 79.4 Å². The van der Waals surface area contributed by atoms with Crippen molar-refractivity contribution >= 4 is 56.2 Å². The van der Waals surface area contributed by atoms with Gasteiger partial charge in [0.15, 0.2) is 5.13 Å². The number of benzene rings is 2. The predicted molar refractivity (Wildman–Crippen MR) is 102 cm³/mol. The van der Waals surface area contributed by atoms with Gasteiger partial charge in [-0.25, -0.2) is 4.98 Å². The zero-order valence-corrected chi connectivity index (χ0v) is 15.3. The smallest absolute Gasteiger partial charge is 0.262 e. The second-order valence-corrected chi connectivity index (χ2v) is 7.49. The Kier molecular flexibility index (Phi) is 4.21. The molecule has 1 aliphatic rings. The molecule has 0 fully saturated rings. The minimum atomic E-state index is -0.454. The van der Waals surface area contributed by atoms with Crippen LogP contribution in [0, 0.1) is 0 Å². The molecule has 130 valence electrons. The van der Waals surface area contributed by atoms with Crippen molar-refractivity contribution in [1.29, 1.82) is 0 Å². The molecule has 1 N–H and O–H groups in total. The van der Waals surface area contributed by atoms with Gasteiger partial charge in [0.1, 0.15) is 6.54 Å². The summed E-state index contributed by atoms with van der Waals surface area (Å²) < 4.78 is 0.966. The van der Waals surface area contributed by atoms with Crippen LogP contribution >= 0.6 is 23.1 Å². The number of fused-ring (bicyclic) bond motifs is 2. The summed E-state index contributed by atoms with van der Waals surface area (Å²) in [6.45, 7) is -0.336. The third kappa shape index (κ3) is 2.77. The Morgan fingerprint density at radius 3 is 2.46 bits per heavy atom. The van der Waals surface area contributed by atoms with Crippen LogP contribution in [0.4, 0.5) is 5.13 Å². The quantitative estimate of drug-likeness (QED) is 0.553. The van der Waals surface area contributed by atoms with Gasteiger partial charge in [-0.1, -0.05) is 29.5 Å². The molecule has 26 heavy (non-hydrogen) atoms. The van der Waals surface area contributed by atoms with Crippen molar-refractivity contribution in [3.05, 3.63) is 53.6 Å². The van der Waals surface area contributed by atoms with E-state index >= 15 is 0 Å². The number of hydrogen-bond donors (Lipinski definition) is 1. The van der Waals surface area contributed by atoms with Crippen molar-refractivity contribution in [2.24, 2.45) is 0 Å². The number of para-hydroxylation sites is 1. The minimum Gasteiger partial charge on any atom is -0.300 e. The number of aromatic nitrogens is 1. The maximum atomic E-state index is 12.3. The molecule has 0 bridgehead atoms. The number of thioether (sulfide) groups is 1. The maximum absolute atomic E-state index is 12.3. The first-order valence-corrected chi connectivity index (χ1v) is 9.81. The maximum Gasteiger partial charge on any atom is 0.262 e. The van der Waals surface area contributed by atoms with E-state index in [4.69, 9.17) is 0 Å². The zero-order valence-electron chi connectivity index (χ0n) is 13.7. The molecule has 0 spiro atoms. The normalized spacial score (nSPS) is 13.3. The van der Waals surface area contributed by atoms with Crippen LogP contribution in [0.25, 0.3) is 10.2 Å². The molecule has 0 atom stereocenters. The Labute approximate surface area is 157 Å². The van der Waals surface area contributed by atoms with Crippen LogP contribution in [0.1, 0.15) is 20.7 Å². The molecule has 0 unspecified atom stereocenters. The number of amides is 3. The fourth-order valence-electron chi connectivity index (χ4n) is 2.83. The summed E-state index contributed by atoms with van der Waals surface area (Å²) in [7, 11) is 0. The highest BCUT2D eigenvalue weighted by Gasteiger charge is 2.36. The van der Waals surface area contributed by atoms with Gasteiger partial charge in [-0.3, -0.25) is 19.3 Å².